The first-order valence-electron chi connectivity index (χ1n) is 14.9. The Morgan fingerprint density at radius 2 is 1.58 bits per heavy atom. The molecule has 2 aliphatic rings. The highest BCUT2D eigenvalue weighted by molar-refractivity contribution is 5.76. The van der Waals surface area contributed by atoms with E-state index in [1.807, 2.05) is 36.4 Å². The number of piperazine rings is 2. The first kappa shape index (κ1) is 32.5. The molecule has 10 nitrogen and oxygen atoms in total. The number of benzene rings is 2. The molecular weight excluding hydrogens is 591 g/mol. The molecule has 2 aromatic carbocycles. The van der Waals surface area contributed by atoms with Crippen LogP contribution in [0, 0.1) is 0 Å². The molecule has 1 amide bonds. The van der Waals surface area contributed by atoms with Crippen LogP contribution in [-0.4, -0.2) is 114 Å². The zero-order chi connectivity index (χ0) is 32.0. The Balaban J connectivity index is 1.53. The lowest BCUT2D eigenvalue weighted by Gasteiger charge is -2.53. The number of aliphatic hydroxyl groups excluding tert-OH is 1. The van der Waals surface area contributed by atoms with Crippen LogP contribution in [0.5, 0.6) is 17.8 Å². The van der Waals surface area contributed by atoms with Crippen LogP contribution in [0.25, 0.3) is 0 Å². The molecule has 3 heterocycles. The van der Waals surface area contributed by atoms with Crippen molar-refractivity contribution >= 4 is 5.91 Å². The quantitative estimate of drug-likeness (QED) is 0.342. The Labute approximate surface area is 260 Å². The van der Waals surface area contributed by atoms with E-state index < -0.39 is 12.8 Å². The zero-order valence-electron chi connectivity index (χ0n) is 25.3. The van der Waals surface area contributed by atoms with Crippen molar-refractivity contribution in [3.05, 3.63) is 77.4 Å². The molecule has 0 spiro atoms. The Morgan fingerprint density at radius 3 is 2.16 bits per heavy atom. The fourth-order valence-electron chi connectivity index (χ4n) is 6.39. The summed E-state index contributed by atoms with van der Waals surface area (Å²) in [4.78, 5) is 27.5. The van der Waals surface area contributed by atoms with Gasteiger partial charge in [-0.1, -0.05) is 60.7 Å². The molecule has 2 saturated heterocycles. The number of methoxy groups -OCH3 is 2. The van der Waals surface area contributed by atoms with E-state index in [1.165, 1.54) is 14.2 Å². The van der Waals surface area contributed by atoms with Crippen molar-refractivity contribution in [3.63, 3.8) is 0 Å². The fourth-order valence-corrected chi connectivity index (χ4v) is 6.39. The third-order valence-corrected chi connectivity index (χ3v) is 8.29. The molecule has 0 unspecified atom stereocenters. The maximum Gasteiger partial charge on any atom is 0.422 e. The predicted molar refractivity (Wildman–Crippen MR) is 159 cm³/mol. The minimum Gasteiger partial charge on any atom is -0.481 e. The van der Waals surface area contributed by atoms with Crippen molar-refractivity contribution in [1.82, 2.24) is 24.7 Å². The number of aliphatic hydroxyl groups is 1. The summed E-state index contributed by atoms with van der Waals surface area (Å²) in [5.74, 6) is -0.348. The number of hydrogen-bond donors (Lipinski definition) is 1. The topological polar surface area (TPSA) is 100 Å². The molecule has 0 bridgehead atoms. The highest BCUT2D eigenvalue weighted by Gasteiger charge is 2.43. The molecule has 0 aliphatic carbocycles. The standard InChI is InChI=1S/C32H38F3N5O5/c1-43-29-25(30(37-31(36-29)44-2)45-21-32(33,34)35)19-38-17-24-18-39(27(42)13-16-41)14-15-40(24)26(20-38)28(22-9-5-3-6-10-22)23-11-7-4-8-12-23/h3-12,24,26,28,41H,13-21H2,1-2H3/t24-,26+/m1/s1. The zero-order valence-corrected chi connectivity index (χ0v) is 25.3. The smallest absolute Gasteiger partial charge is 0.422 e. The van der Waals surface area contributed by atoms with Gasteiger partial charge in [0.15, 0.2) is 6.61 Å². The second-order valence-electron chi connectivity index (χ2n) is 11.2. The lowest BCUT2D eigenvalue weighted by molar-refractivity contribution is -0.154. The summed E-state index contributed by atoms with van der Waals surface area (Å²) < 4.78 is 55.4. The summed E-state index contributed by atoms with van der Waals surface area (Å²) in [7, 11) is 2.69. The second-order valence-corrected chi connectivity index (χ2v) is 11.2. The Morgan fingerprint density at radius 1 is 0.933 bits per heavy atom. The number of fused-ring (bicyclic) bond motifs is 1. The molecule has 2 atom stereocenters. The maximum absolute atomic E-state index is 13.2. The van der Waals surface area contributed by atoms with Crippen LogP contribution in [0.1, 0.15) is 29.0 Å². The lowest BCUT2D eigenvalue weighted by atomic mass is 9.81. The van der Waals surface area contributed by atoms with E-state index >= 15 is 0 Å². The van der Waals surface area contributed by atoms with Crippen LogP contribution in [0.4, 0.5) is 13.2 Å². The van der Waals surface area contributed by atoms with Crippen molar-refractivity contribution in [1.29, 1.82) is 0 Å². The van der Waals surface area contributed by atoms with Gasteiger partial charge in [-0.05, 0) is 11.1 Å². The molecule has 2 fully saturated rings. The van der Waals surface area contributed by atoms with Crippen LogP contribution in [-0.2, 0) is 11.3 Å². The highest BCUT2D eigenvalue weighted by Crippen LogP contribution is 2.38. The average Bonchev–Trinajstić information content (AvgIpc) is 3.04. The molecule has 242 valence electrons. The number of halogens is 3. The number of aromatic nitrogens is 2. The van der Waals surface area contributed by atoms with E-state index in [9.17, 15) is 23.1 Å². The molecule has 0 radical (unpaired) electrons. The number of alkyl halides is 3. The van der Waals surface area contributed by atoms with E-state index in [-0.39, 0.29) is 66.8 Å². The maximum atomic E-state index is 13.2. The number of hydrogen-bond acceptors (Lipinski definition) is 9. The molecule has 1 N–H and O–H groups in total. The summed E-state index contributed by atoms with van der Waals surface area (Å²) in [6, 6.07) is 20.1. The summed E-state index contributed by atoms with van der Waals surface area (Å²) in [6.45, 7) is 1.10. The Kier molecular flexibility index (Phi) is 10.4. The van der Waals surface area contributed by atoms with Gasteiger partial charge in [-0.15, -0.1) is 0 Å². The number of carbonyl (C=O) groups excluding carboxylic acids is 1. The van der Waals surface area contributed by atoms with Crippen molar-refractivity contribution in [2.75, 3.05) is 60.2 Å². The van der Waals surface area contributed by atoms with E-state index in [4.69, 9.17) is 14.2 Å². The molecule has 13 heteroatoms. The molecular formula is C32H38F3N5O5. The number of carbonyl (C=O) groups is 1. The molecule has 1 aromatic heterocycles. The van der Waals surface area contributed by atoms with Gasteiger partial charge in [0.25, 0.3) is 0 Å². The van der Waals surface area contributed by atoms with Crippen LogP contribution < -0.4 is 14.2 Å². The predicted octanol–water partition coefficient (Wildman–Crippen LogP) is 3.35. The van der Waals surface area contributed by atoms with Crippen LogP contribution in [0.15, 0.2) is 60.7 Å². The van der Waals surface area contributed by atoms with Gasteiger partial charge in [-0.25, -0.2) is 0 Å². The van der Waals surface area contributed by atoms with Crippen molar-refractivity contribution in [2.24, 2.45) is 0 Å². The third-order valence-electron chi connectivity index (χ3n) is 8.29. The summed E-state index contributed by atoms with van der Waals surface area (Å²) in [5.41, 5.74) is 2.54. The Bertz CT molecular complexity index is 1380. The molecule has 2 aliphatic heterocycles. The summed E-state index contributed by atoms with van der Waals surface area (Å²) >= 11 is 0. The molecule has 5 rings (SSSR count). The van der Waals surface area contributed by atoms with Crippen molar-refractivity contribution in [3.8, 4) is 17.8 Å². The normalized spacial score (nSPS) is 19.3. The van der Waals surface area contributed by atoms with Crippen molar-refractivity contribution < 1.29 is 37.3 Å². The Hall–Kier alpha value is -3.94. The van der Waals surface area contributed by atoms with Gasteiger partial charge >= 0.3 is 12.2 Å². The second kappa shape index (κ2) is 14.4. The molecule has 0 saturated carbocycles. The van der Waals surface area contributed by atoms with Gasteiger partial charge in [-0.2, -0.15) is 23.1 Å². The van der Waals surface area contributed by atoms with Crippen LogP contribution >= 0.6 is 0 Å². The summed E-state index contributed by atoms with van der Waals surface area (Å²) in [6.07, 6.45) is -4.53. The van der Waals surface area contributed by atoms with Gasteiger partial charge in [-0.3, -0.25) is 14.6 Å². The average molecular weight is 630 g/mol. The first-order valence-corrected chi connectivity index (χ1v) is 14.9. The van der Waals surface area contributed by atoms with Gasteiger partial charge < -0.3 is 24.2 Å². The minimum atomic E-state index is -4.58. The van der Waals surface area contributed by atoms with E-state index in [0.717, 1.165) is 11.1 Å². The van der Waals surface area contributed by atoms with Crippen LogP contribution in [0.2, 0.25) is 0 Å². The SMILES string of the molecule is COc1nc(OC)c(CN2C[C@@H]3CN(C(=O)CCO)CCN3[C@H](C(c3ccccc3)c3ccccc3)C2)c(OCC(F)(F)F)n1. The first-order chi connectivity index (χ1) is 21.7. The van der Waals surface area contributed by atoms with Gasteiger partial charge in [0.05, 0.1) is 26.4 Å². The number of ether oxygens (including phenoxy) is 3. The fraction of sp³-hybridized carbons (Fsp3) is 0.469. The highest BCUT2D eigenvalue weighted by atomic mass is 19.4. The van der Waals surface area contributed by atoms with Gasteiger partial charge in [0, 0.05) is 63.7 Å². The van der Waals surface area contributed by atoms with E-state index in [1.54, 1.807) is 4.90 Å². The molecule has 3 aromatic rings. The number of nitrogens with zero attached hydrogens (tertiary/aromatic N) is 5. The number of amides is 1. The largest absolute Gasteiger partial charge is 0.481 e. The summed E-state index contributed by atoms with van der Waals surface area (Å²) in [5, 5.41) is 9.40. The third kappa shape index (κ3) is 7.84. The van der Waals surface area contributed by atoms with Crippen molar-refractivity contribution in [2.45, 2.75) is 37.1 Å². The molecule has 45 heavy (non-hydrogen) atoms. The lowest BCUT2D eigenvalue weighted by Crippen LogP contribution is -2.67. The van der Waals surface area contributed by atoms with E-state index in [0.29, 0.717) is 32.7 Å². The monoisotopic (exact) mass is 629 g/mol. The van der Waals surface area contributed by atoms with Gasteiger partial charge in [0.2, 0.25) is 17.7 Å². The van der Waals surface area contributed by atoms with E-state index in [2.05, 4.69) is 44.0 Å². The number of rotatable bonds is 11. The minimum absolute atomic E-state index is 0.0349. The van der Waals surface area contributed by atoms with Crippen LogP contribution in [0.3, 0.4) is 0 Å². The van der Waals surface area contributed by atoms with Gasteiger partial charge in [0.1, 0.15) is 0 Å².